The van der Waals surface area contributed by atoms with Gasteiger partial charge in [-0.1, -0.05) is 6.07 Å². The standard InChI is InChI=1S/C11H13N3/c12-6-11(10-3-5-14-8-10)9-2-1-4-13-7-9/h1-2,4,7,10-11,14H,3,5,8H2. The Kier molecular flexibility index (Phi) is 2.76. The molecule has 1 aromatic rings. The molecule has 0 aliphatic carbocycles. The van der Waals surface area contributed by atoms with Crippen LogP contribution in [-0.4, -0.2) is 18.1 Å². The number of rotatable bonds is 2. The first-order chi connectivity index (χ1) is 6.92. The Balaban J connectivity index is 2.18. The molecule has 2 atom stereocenters. The molecule has 2 heterocycles. The molecule has 0 spiro atoms. The molecule has 0 aromatic carbocycles. The fourth-order valence-corrected chi connectivity index (χ4v) is 1.97. The van der Waals surface area contributed by atoms with Crippen LogP contribution in [0.25, 0.3) is 0 Å². The largest absolute Gasteiger partial charge is 0.316 e. The van der Waals surface area contributed by atoms with E-state index >= 15 is 0 Å². The molecule has 1 saturated heterocycles. The van der Waals surface area contributed by atoms with Crippen LogP contribution in [0.2, 0.25) is 0 Å². The molecule has 2 unspecified atom stereocenters. The average Bonchev–Trinajstić information content (AvgIpc) is 2.74. The van der Waals surface area contributed by atoms with E-state index in [1.165, 1.54) is 0 Å². The summed E-state index contributed by atoms with van der Waals surface area (Å²) in [5.74, 6) is 0.447. The van der Waals surface area contributed by atoms with Gasteiger partial charge in [-0.25, -0.2) is 0 Å². The first kappa shape index (κ1) is 9.17. The lowest BCUT2D eigenvalue weighted by Gasteiger charge is -2.14. The predicted octanol–water partition coefficient (Wildman–Crippen LogP) is 1.30. The number of nitriles is 1. The van der Waals surface area contributed by atoms with Crippen LogP contribution in [0.3, 0.4) is 0 Å². The lowest BCUT2D eigenvalue weighted by atomic mass is 9.87. The fourth-order valence-electron chi connectivity index (χ4n) is 1.97. The van der Waals surface area contributed by atoms with Crippen LogP contribution < -0.4 is 5.32 Å². The van der Waals surface area contributed by atoms with Gasteiger partial charge in [0.05, 0.1) is 12.0 Å². The van der Waals surface area contributed by atoms with E-state index in [9.17, 15) is 0 Å². The summed E-state index contributed by atoms with van der Waals surface area (Å²) in [4.78, 5) is 4.05. The van der Waals surface area contributed by atoms with Gasteiger partial charge in [-0.05, 0) is 37.1 Å². The van der Waals surface area contributed by atoms with E-state index in [0.717, 1.165) is 25.1 Å². The normalized spacial score (nSPS) is 22.9. The minimum atomic E-state index is -0.00120. The second-order valence-corrected chi connectivity index (χ2v) is 3.65. The van der Waals surface area contributed by atoms with Crippen molar-refractivity contribution in [3.05, 3.63) is 30.1 Å². The summed E-state index contributed by atoms with van der Waals surface area (Å²) in [6, 6.07) is 6.26. The van der Waals surface area contributed by atoms with Gasteiger partial charge in [-0.2, -0.15) is 5.26 Å². The molecule has 3 heteroatoms. The van der Waals surface area contributed by atoms with Crippen LogP contribution in [0.1, 0.15) is 17.9 Å². The van der Waals surface area contributed by atoms with Crippen molar-refractivity contribution < 1.29 is 0 Å². The highest BCUT2D eigenvalue weighted by atomic mass is 14.9. The topological polar surface area (TPSA) is 48.7 Å². The quantitative estimate of drug-likeness (QED) is 0.759. The zero-order valence-electron chi connectivity index (χ0n) is 7.98. The Hall–Kier alpha value is -1.40. The van der Waals surface area contributed by atoms with Gasteiger partial charge in [0.2, 0.25) is 0 Å². The maximum absolute atomic E-state index is 9.13. The monoisotopic (exact) mass is 187 g/mol. The molecule has 1 fully saturated rings. The van der Waals surface area contributed by atoms with Gasteiger partial charge >= 0.3 is 0 Å². The lowest BCUT2D eigenvalue weighted by Crippen LogP contribution is -2.15. The van der Waals surface area contributed by atoms with Gasteiger partial charge in [0.15, 0.2) is 0 Å². The zero-order chi connectivity index (χ0) is 9.80. The number of aromatic nitrogens is 1. The second-order valence-electron chi connectivity index (χ2n) is 3.65. The summed E-state index contributed by atoms with van der Waals surface area (Å²) in [5.41, 5.74) is 1.05. The van der Waals surface area contributed by atoms with Crippen LogP contribution in [0.5, 0.6) is 0 Å². The lowest BCUT2D eigenvalue weighted by molar-refractivity contribution is 0.530. The molecule has 72 valence electrons. The Morgan fingerprint density at radius 3 is 3.14 bits per heavy atom. The SMILES string of the molecule is N#CC(c1cccnc1)C1CCNC1. The third-order valence-electron chi connectivity index (χ3n) is 2.75. The summed E-state index contributed by atoms with van der Waals surface area (Å²) in [7, 11) is 0. The molecular formula is C11H13N3. The Morgan fingerprint density at radius 1 is 1.64 bits per heavy atom. The van der Waals surface area contributed by atoms with Crippen molar-refractivity contribution in [1.82, 2.24) is 10.3 Å². The van der Waals surface area contributed by atoms with Gasteiger partial charge in [-0.15, -0.1) is 0 Å². The van der Waals surface area contributed by atoms with Gasteiger partial charge in [0.25, 0.3) is 0 Å². The van der Waals surface area contributed by atoms with Crippen molar-refractivity contribution in [3.63, 3.8) is 0 Å². The maximum atomic E-state index is 9.13. The summed E-state index contributed by atoms with van der Waals surface area (Å²) in [6.45, 7) is 1.98. The van der Waals surface area contributed by atoms with Crippen LogP contribution in [0, 0.1) is 17.2 Å². The smallest absolute Gasteiger partial charge is 0.0768 e. The molecule has 2 rings (SSSR count). The molecule has 0 amide bonds. The first-order valence-electron chi connectivity index (χ1n) is 4.92. The molecule has 1 aliphatic heterocycles. The predicted molar refractivity (Wildman–Crippen MR) is 53.6 cm³/mol. The number of hydrogen-bond donors (Lipinski definition) is 1. The second kappa shape index (κ2) is 4.21. The Labute approximate surface area is 83.8 Å². The number of nitrogens with zero attached hydrogens (tertiary/aromatic N) is 2. The Bertz CT molecular complexity index is 322. The average molecular weight is 187 g/mol. The highest BCUT2D eigenvalue weighted by Crippen LogP contribution is 2.27. The summed E-state index contributed by atoms with van der Waals surface area (Å²) >= 11 is 0. The minimum absolute atomic E-state index is 0.00120. The number of nitrogens with one attached hydrogen (secondary N) is 1. The maximum Gasteiger partial charge on any atom is 0.0768 e. The number of pyridine rings is 1. The van der Waals surface area contributed by atoms with Crippen molar-refractivity contribution in [3.8, 4) is 6.07 Å². The molecule has 1 N–H and O–H groups in total. The van der Waals surface area contributed by atoms with E-state index in [1.807, 2.05) is 12.1 Å². The van der Waals surface area contributed by atoms with Crippen molar-refractivity contribution in [1.29, 1.82) is 5.26 Å². The fraction of sp³-hybridized carbons (Fsp3) is 0.455. The van der Waals surface area contributed by atoms with Gasteiger partial charge in [-0.3, -0.25) is 4.98 Å². The van der Waals surface area contributed by atoms with Crippen molar-refractivity contribution in [2.75, 3.05) is 13.1 Å². The first-order valence-corrected chi connectivity index (χ1v) is 4.92. The minimum Gasteiger partial charge on any atom is -0.316 e. The Morgan fingerprint density at radius 2 is 2.57 bits per heavy atom. The van der Waals surface area contributed by atoms with Gasteiger partial charge in [0, 0.05) is 12.4 Å². The third kappa shape index (κ3) is 1.75. The van der Waals surface area contributed by atoms with Crippen molar-refractivity contribution >= 4 is 0 Å². The third-order valence-corrected chi connectivity index (χ3v) is 2.75. The molecule has 14 heavy (non-hydrogen) atoms. The van der Waals surface area contributed by atoms with E-state index < -0.39 is 0 Å². The van der Waals surface area contributed by atoms with Crippen molar-refractivity contribution in [2.24, 2.45) is 5.92 Å². The van der Waals surface area contributed by atoms with Crippen molar-refractivity contribution in [2.45, 2.75) is 12.3 Å². The van der Waals surface area contributed by atoms with E-state index in [-0.39, 0.29) is 5.92 Å². The molecule has 1 aliphatic rings. The molecule has 0 saturated carbocycles. The highest BCUT2D eigenvalue weighted by molar-refractivity contribution is 5.23. The molecule has 3 nitrogen and oxygen atoms in total. The number of hydrogen-bond acceptors (Lipinski definition) is 3. The van der Waals surface area contributed by atoms with E-state index in [4.69, 9.17) is 5.26 Å². The van der Waals surface area contributed by atoms with Gasteiger partial charge < -0.3 is 5.32 Å². The molecule has 0 radical (unpaired) electrons. The summed E-state index contributed by atoms with van der Waals surface area (Å²) in [6.07, 6.45) is 4.63. The van der Waals surface area contributed by atoms with Crippen LogP contribution in [0.15, 0.2) is 24.5 Å². The van der Waals surface area contributed by atoms with E-state index in [1.54, 1.807) is 12.4 Å². The highest BCUT2D eigenvalue weighted by Gasteiger charge is 2.25. The van der Waals surface area contributed by atoms with Crippen LogP contribution >= 0.6 is 0 Å². The zero-order valence-corrected chi connectivity index (χ0v) is 7.98. The van der Waals surface area contributed by atoms with Gasteiger partial charge in [0.1, 0.15) is 0 Å². The van der Waals surface area contributed by atoms with Crippen LogP contribution in [0.4, 0.5) is 0 Å². The van der Waals surface area contributed by atoms with Crippen LogP contribution in [-0.2, 0) is 0 Å². The van der Waals surface area contributed by atoms with E-state index in [0.29, 0.717) is 5.92 Å². The van der Waals surface area contributed by atoms with E-state index in [2.05, 4.69) is 16.4 Å². The molecule has 0 bridgehead atoms. The molecular weight excluding hydrogens is 174 g/mol. The molecule has 1 aromatic heterocycles. The summed E-state index contributed by atoms with van der Waals surface area (Å²) in [5, 5.41) is 12.4. The summed E-state index contributed by atoms with van der Waals surface area (Å²) < 4.78 is 0.